The van der Waals surface area contributed by atoms with E-state index in [1.165, 1.54) is 7.11 Å². The van der Waals surface area contributed by atoms with E-state index in [-0.39, 0.29) is 5.75 Å². The molecule has 0 aliphatic heterocycles. The van der Waals surface area contributed by atoms with Gasteiger partial charge in [0.05, 0.1) is 29.4 Å². The number of nitrogens with one attached hydrogen (secondary N) is 1. The number of phenols is 1. The molecule has 6 heteroatoms. The molecule has 0 spiro atoms. The van der Waals surface area contributed by atoms with E-state index in [2.05, 4.69) is 21.2 Å². The van der Waals surface area contributed by atoms with Gasteiger partial charge in [0.15, 0.2) is 11.5 Å². The highest BCUT2D eigenvalue weighted by Crippen LogP contribution is 2.35. The normalized spacial score (nSPS) is 10.3. The van der Waals surface area contributed by atoms with Crippen LogP contribution in [0.1, 0.15) is 5.56 Å². The summed E-state index contributed by atoms with van der Waals surface area (Å²) in [4.78, 5) is 0. The molecule has 0 saturated carbocycles. The Kier molecular flexibility index (Phi) is 5.20. The first-order valence-electron chi connectivity index (χ1n) is 6.18. The van der Waals surface area contributed by atoms with Gasteiger partial charge in [-0.2, -0.15) is 0 Å². The Morgan fingerprint density at radius 1 is 1.19 bits per heavy atom. The van der Waals surface area contributed by atoms with E-state index in [0.717, 1.165) is 17.0 Å². The number of hydrogen-bond acceptors (Lipinski definition) is 4. The van der Waals surface area contributed by atoms with Crippen molar-refractivity contribution in [2.75, 3.05) is 19.5 Å². The maximum atomic E-state index is 9.79. The number of hydrogen-bond donors (Lipinski definition) is 2. The minimum Gasteiger partial charge on any atom is -0.503 e. The molecule has 2 aromatic rings. The number of methoxy groups -OCH3 is 2. The Morgan fingerprint density at radius 3 is 2.62 bits per heavy atom. The average molecular weight is 373 g/mol. The smallest absolute Gasteiger partial charge is 0.172 e. The molecule has 0 unspecified atom stereocenters. The highest BCUT2D eigenvalue weighted by atomic mass is 79.9. The summed E-state index contributed by atoms with van der Waals surface area (Å²) in [7, 11) is 3.12. The summed E-state index contributed by atoms with van der Waals surface area (Å²) in [6, 6.07) is 8.98. The maximum Gasteiger partial charge on any atom is 0.172 e. The quantitative estimate of drug-likeness (QED) is 0.815. The van der Waals surface area contributed by atoms with Crippen LogP contribution in [0, 0.1) is 0 Å². The van der Waals surface area contributed by atoms with Crippen molar-refractivity contribution in [1.82, 2.24) is 0 Å². The van der Waals surface area contributed by atoms with Crippen LogP contribution in [0.15, 0.2) is 34.8 Å². The molecule has 0 heterocycles. The lowest BCUT2D eigenvalue weighted by Crippen LogP contribution is -2.01. The molecule has 0 fully saturated rings. The van der Waals surface area contributed by atoms with Crippen molar-refractivity contribution in [2.45, 2.75) is 6.54 Å². The molecule has 0 bridgehead atoms. The second kappa shape index (κ2) is 6.91. The minimum absolute atomic E-state index is 0.0839. The molecule has 0 saturated heterocycles. The summed E-state index contributed by atoms with van der Waals surface area (Å²) in [5, 5.41) is 13.6. The third-order valence-corrected chi connectivity index (χ3v) is 3.90. The maximum absolute atomic E-state index is 9.79. The topological polar surface area (TPSA) is 50.7 Å². The first-order valence-corrected chi connectivity index (χ1v) is 7.35. The van der Waals surface area contributed by atoms with E-state index in [9.17, 15) is 5.11 Å². The van der Waals surface area contributed by atoms with Crippen LogP contribution in [0.4, 0.5) is 5.69 Å². The summed E-state index contributed by atoms with van der Waals surface area (Å²) in [5.41, 5.74) is 1.72. The van der Waals surface area contributed by atoms with E-state index in [1.54, 1.807) is 25.3 Å². The molecule has 2 N–H and O–H groups in total. The van der Waals surface area contributed by atoms with Crippen LogP contribution in [0.25, 0.3) is 0 Å². The second-order valence-electron chi connectivity index (χ2n) is 4.33. The van der Waals surface area contributed by atoms with Gasteiger partial charge in [0.1, 0.15) is 5.75 Å². The van der Waals surface area contributed by atoms with E-state index in [4.69, 9.17) is 21.1 Å². The number of phenolic OH excluding ortho intramolecular Hbond substituents is 1. The van der Waals surface area contributed by atoms with Crippen LogP contribution in [0.2, 0.25) is 5.02 Å². The molecule has 2 aromatic carbocycles. The number of halogens is 2. The van der Waals surface area contributed by atoms with Crippen LogP contribution in [-0.4, -0.2) is 19.3 Å². The predicted molar refractivity (Wildman–Crippen MR) is 87.7 cm³/mol. The summed E-state index contributed by atoms with van der Waals surface area (Å²) >= 11 is 9.44. The van der Waals surface area contributed by atoms with Crippen molar-refractivity contribution < 1.29 is 14.6 Å². The Labute approximate surface area is 136 Å². The second-order valence-corrected chi connectivity index (χ2v) is 5.59. The van der Waals surface area contributed by atoms with Gasteiger partial charge in [0.25, 0.3) is 0 Å². The number of rotatable bonds is 5. The van der Waals surface area contributed by atoms with Gasteiger partial charge >= 0.3 is 0 Å². The van der Waals surface area contributed by atoms with E-state index in [1.807, 2.05) is 12.1 Å². The van der Waals surface area contributed by atoms with Gasteiger partial charge in [0.2, 0.25) is 0 Å². The third kappa shape index (κ3) is 3.74. The monoisotopic (exact) mass is 371 g/mol. The lowest BCUT2D eigenvalue weighted by atomic mass is 10.2. The van der Waals surface area contributed by atoms with Crippen LogP contribution >= 0.6 is 27.5 Å². The average Bonchev–Trinajstić information content (AvgIpc) is 2.49. The largest absolute Gasteiger partial charge is 0.503 e. The Morgan fingerprint density at radius 2 is 1.95 bits per heavy atom. The van der Waals surface area contributed by atoms with E-state index >= 15 is 0 Å². The zero-order valence-electron chi connectivity index (χ0n) is 11.6. The van der Waals surface area contributed by atoms with Gasteiger partial charge in [-0.1, -0.05) is 11.6 Å². The molecule has 4 nitrogen and oxygen atoms in total. The van der Waals surface area contributed by atoms with Gasteiger partial charge in [-0.05, 0) is 45.8 Å². The minimum atomic E-state index is 0.0839. The fourth-order valence-electron chi connectivity index (χ4n) is 1.85. The predicted octanol–water partition coefficient (Wildman–Crippen LogP) is 4.44. The van der Waals surface area contributed by atoms with Gasteiger partial charge in [-0.15, -0.1) is 0 Å². The molecule has 0 aliphatic rings. The first kappa shape index (κ1) is 15.8. The highest BCUT2D eigenvalue weighted by molar-refractivity contribution is 9.10. The molecule has 112 valence electrons. The third-order valence-electron chi connectivity index (χ3n) is 2.96. The Balaban J connectivity index is 2.18. The SMILES string of the molecule is COc1ccc(Cl)c(NCc2cc(Br)c(O)c(OC)c2)c1. The van der Waals surface area contributed by atoms with Crippen molar-refractivity contribution in [3.05, 3.63) is 45.4 Å². The van der Waals surface area contributed by atoms with Gasteiger partial charge in [0, 0.05) is 12.6 Å². The van der Waals surface area contributed by atoms with Crippen LogP contribution in [-0.2, 0) is 6.54 Å². The number of ether oxygens (including phenoxy) is 2. The van der Waals surface area contributed by atoms with Gasteiger partial charge < -0.3 is 19.9 Å². The zero-order valence-corrected chi connectivity index (χ0v) is 14.0. The zero-order chi connectivity index (χ0) is 15.4. The van der Waals surface area contributed by atoms with Crippen LogP contribution in [0.5, 0.6) is 17.2 Å². The molecule has 0 radical (unpaired) electrons. The standard InChI is InChI=1S/C15H15BrClNO3/c1-20-10-3-4-12(17)13(7-10)18-8-9-5-11(16)15(19)14(6-9)21-2/h3-7,18-19H,8H2,1-2H3. The fraction of sp³-hybridized carbons (Fsp3) is 0.200. The molecule has 21 heavy (non-hydrogen) atoms. The van der Waals surface area contributed by atoms with Crippen LogP contribution < -0.4 is 14.8 Å². The van der Waals surface area contributed by atoms with Crippen molar-refractivity contribution in [2.24, 2.45) is 0 Å². The lowest BCUT2D eigenvalue weighted by Gasteiger charge is -2.12. The molecular formula is C15H15BrClNO3. The molecular weight excluding hydrogens is 358 g/mol. The van der Waals surface area contributed by atoms with E-state index in [0.29, 0.717) is 21.8 Å². The fourth-order valence-corrected chi connectivity index (χ4v) is 2.52. The van der Waals surface area contributed by atoms with Crippen molar-refractivity contribution in [3.63, 3.8) is 0 Å². The Bertz CT molecular complexity index is 649. The summed E-state index contributed by atoms with van der Waals surface area (Å²) in [5.74, 6) is 1.23. The first-order chi connectivity index (χ1) is 10.0. The van der Waals surface area contributed by atoms with Gasteiger partial charge in [-0.25, -0.2) is 0 Å². The molecule has 0 aromatic heterocycles. The lowest BCUT2D eigenvalue weighted by molar-refractivity contribution is 0.371. The van der Waals surface area contributed by atoms with Crippen molar-refractivity contribution in [3.8, 4) is 17.2 Å². The molecule has 0 aliphatic carbocycles. The highest BCUT2D eigenvalue weighted by Gasteiger charge is 2.09. The summed E-state index contributed by atoms with van der Waals surface area (Å²) < 4.78 is 10.9. The molecule has 2 rings (SSSR count). The summed E-state index contributed by atoms with van der Waals surface area (Å²) in [6.07, 6.45) is 0. The van der Waals surface area contributed by atoms with Crippen molar-refractivity contribution >= 4 is 33.2 Å². The van der Waals surface area contributed by atoms with Gasteiger partial charge in [-0.3, -0.25) is 0 Å². The number of benzene rings is 2. The number of anilines is 1. The summed E-state index contributed by atoms with van der Waals surface area (Å²) in [6.45, 7) is 0.530. The van der Waals surface area contributed by atoms with E-state index < -0.39 is 0 Å². The molecule has 0 atom stereocenters. The Hall–Kier alpha value is -1.59. The van der Waals surface area contributed by atoms with Crippen LogP contribution in [0.3, 0.4) is 0 Å². The van der Waals surface area contributed by atoms with Crippen molar-refractivity contribution in [1.29, 1.82) is 0 Å². The number of aromatic hydroxyl groups is 1. The molecule has 0 amide bonds.